The van der Waals surface area contributed by atoms with Crippen molar-refractivity contribution < 1.29 is 4.79 Å². The smallest absolute Gasteiger partial charge is 0.160 e. The molecular formula is C18H24BrNO. The highest BCUT2D eigenvalue weighted by Gasteiger charge is 2.16. The van der Waals surface area contributed by atoms with Gasteiger partial charge >= 0.3 is 0 Å². The Kier molecular flexibility index (Phi) is 6.50. The van der Waals surface area contributed by atoms with E-state index in [0.29, 0.717) is 18.1 Å². The zero-order valence-corrected chi connectivity index (χ0v) is 14.3. The maximum Gasteiger partial charge on any atom is 0.160 e. The molecule has 1 fully saturated rings. The van der Waals surface area contributed by atoms with E-state index < -0.39 is 0 Å². The molecule has 0 bridgehead atoms. The minimum atomic E-state index is 0.311. The zero-order valence-electron chi connectivity index (χ0n) is 12.7. The first-order valence-electron chi connectivity index (χ1n) is 7.88. The summed E-state index contributed by atoms with van der Waals surface area (Å²) in [4.78, 5) is 12.3. The van der Waals surface area contributed by atoms with E-state index in [0.717, 1.165) is 41.4 Å². The molecule has 0 amide bonds. The van der Waals surface area contributed by atoms with Gasteiger partial charge in [-0.3, -0.25) is 4.79 Å². The van der Waals surface area contributed by atoms with E-state index in [-0.39, 0.29) is 0 Å². The Balaban J connectivity index is 2.02. The van der Waals surface area contributed by atoms with Crippen molar-refractivity contribution >= 4 is 21.7 Å². The molecule has 0 radical (unpaired) electrons. The van der Waals surface area contributed by atoms with E-state index in [1.54, 1.807) is 0 Å². The largest absolute Gasteiger partial charge is 0.362 e. The van der Waals surface area contributed by atoms with Gasteiger partial charge in [-0.2, -0.15) is 0 Å². The minimum Gasteiger partial charge on any atom is -0.362 e. The van der Waals surface area contributed by atoms with Crippen LogP contribution in [0.1, 0.15) is 51.9 Å². The first-order chi connectivity index (χ1) is 10.1. The molecule has 0 aromatic carbocycles. The second-order valence-corrected chi connectivity index (χ2v) is 6.87. The zero-order chi connectivity index (χ0) is 15.1. The van der Waals surface area contributed by atoms with E-state index in [1.807, 2.05) is 18.4 Å². The van der Waals surface area contributed by atoms with Crippen molar-refractivity contribution in [2.24, 2.45) is 5.92 Å². The van der Waals surface area contributed by atoms with Gasteiger partial charge in [-0.15, -0.1) is 0 Å². The lowest BCUT2D eigenvalue weighted by Gasteiger charge is -2.17. The fraction of sp³-hybridized carbons (Fsp3) is 0.500. The number of carbonyl (C=O) groups excluding carboxylic acids is 1. The van der Waals surface area contributed by atoms with Gasteiger partial charge in [-0.25, -0.2) is 0 Å². The summed E-state index contributed by atoms with van der Waals surface area (Å²) in [5.41, 5.74) is 2.02. The second-order valence-electron chi connectivity index (χ2n) is 5.95. The molecule has 3 heteroatoms. The van der Waals surface area contributed by atoms with Crippen LogP contribution in [-0.2, 0) is 4.79 Å². The summed E-state index contributed by atoms with van der Waals surface area (Å²) in [7, 11) is 0. The Labute approximate surface area is 136 Å². The van der Waals surface area contributed by atoms with Gasteiger partial charge in [0.05, 0.1) is 0 Å². The van der Waals surface area contributed by atoms with Gasteiger partial charge in [0.15, 0.2) is 5.78 Å². The van der Waals surface area contributed by atoms with Crippen LogP contribution in [0.2, 0.25) is 0 Å². The van der Waals surface area contributed by atoms with Crippen LogP contribution in [0.15, 0.2) is 46.3 Å². The number of Topliss-reactive ketones (excluding diaryl/α,β-unsaturated/α-hetero) is 1. The van der Waals surface area contributed by atoms with Crippen molar-refractivity contribution in [3.8, 4) is 0 Å². The maximum atomic E-state index is 12.3. The lowest BCUT2D eigenvalue weighted by molar-refractivity contribution is -0.116. The summed E-state index contributed by atoms with van der Waals surface area (Å²) in [6.07, 6.45) is 17.5. The Morgan fingerprint density at radius 2 is 2.05 bits per heavy atom. The van der Waals surface area contributed by atoms with E-state index in [1.165, 1.54) is 12.8 Å². The fourth-order valence-corrected chi connectivity index (χ4v) is 3.05. The average molecular weight is 350 g/mol. The average Bonchev–Trinajstić information content (AvgIpc) is 2.42. The van der Waals surface area contributed by atoms with E-state index >= 15 is 0 Å². The predicted octanol–water partition coefficient (Wildman–Crippen LogP) is 5.14. The molecule has 2 rings (SSSR count). The summed E-state index contributed by atoms with van der Waals surface area (Å²) in [5, 5.41) is 3.32. The topological polar surface area (TPSA) is 29.1 Å². The number of hydrogen-bond donors (Lipinski definition) is 1. The van der Waals surface area contributed by atoms with Crippen LogP contribution in [-0.4, -0.2) is 5.78 Å². The van der Waals surface area contributed by atoms with Crippen LogP contribution in [0.3, 0.4) is 0 Å². The highest BCUT2D eigenvalue weighted by molar-refractivity contribution is 9.11. The Morgan fingerprint density at radius 3 is 2.90 bits per heavy atom. The number of carbonyl (C=O) groups is 1. The standard InChI is InChI=1S/C18H24BrNO/c1-14-6-2-3-7-15(18(21)12-14)13-20-17-9-5-4-8-16(19)10-11-17/h8-11,13-14,20H,2-7,12H2,1H3/b11-10?,15-13-,16-8-,17-9?. The quantitative estimate of drug-likeness (QED) is 0.699. The number of nitrogens with one attached hydrogen (secondary N) is 1. The lowest BCUT2D eigenvalue weighted by Crippen LogP contribution is -2.15. The summed E-state index contributed by atoms with van der Waals surface area (Å²) in [6.45, 7) is 2.18. The van der Waals surface area contributed by atoms with Gasteiger partial charge in [-0.1, -0.05) is 47.8 Å². The van der Waals surface area contributed by atoms with Gasteiger partial charge in [0.2, 0.25) is 0 Å². The summed E-state index contributed by atoms with van der Waals surface area (Å²) >= 11 is 3.51. The minimum absolute atomic E-state index is 0.311. The third-order valence-corrected chi connectivity index (χ3v) is 4.58. The molecule has 0 spiro atoms. The number of halogens is 1. The van der Waals surface area contributed by atoms with Crippen LogP contribution in [0, 0.1) is 5.92 Å². The molecule has 0 heterocycles. The maximum absolute atomic E-state index is 12.3. The van der Waals surface area contributed by atoms with Gasteiger partial charge in [0.25, 0.3) is 0 Å². The molecule has 0 aliphatic heterocycles. The molecule has 1 saturated carbocycles. The molecule has 0 aromatic heterocycles. The predicted molar refractivity (Wildman–Crippen MR) is 91.9 cm³/mol. The SMILES string of the molecule is CC1CCCC/C(=C/NC2=CCC/C=C(\Br)C=C2)C(=O)C1. The van der Waals surface area contributed by atoms with Crippen molar-refractivity contribution in [2.45, 2.75) is 51.9 Å². The molecule has 0 saturated heterocycles. The van der Waals surface area contributed by atoms with Gasteiger partial charge in [0, 0.05) is 28.4 Å². The Hall–Kier alpha value is -1.09. The van der Waals surface area contributed by atoms with Crippen LogP contribution in [0.25, 0.3) is 0 Å². The highest BCUT2D eigenvalue weighted by Crippen LogP contribution is 2.23. The normalized spacial score (nSPS) is 28.8. The van der Waals surface area contributed by atoms with Crippen LogP contribution < -0.4 is 5.32 Å². The van der Waals surface area contributed by atoms with Gasteiger partial charge in [-0.05, 0) is 43.8 Å². The molecule has 1 unspecified atom stereocenters. The number of allylic oxidation sites excluding steroid dienone is 6. The van der Waals surface area contributed by atoms with Crippen LogP contribution in [0.5, 0.6) is 0 Å². The third kappa shape index (κ3) is 5.66. The van der Waals surface area contributed by atoms with Crippen LogP contribution >= 0.6 is 15.9 Å². The van der Waals surface area contributed by atoms with Crippen molar-refractivity contribution in [3.05, 3.63) is 46.3 Å². The first-order valence-corrected chi connectivity index (χ1v) is 8.67. The van der Waals surface area contributed by atoms with E-state index in [4.69, 9.17) is 0 Å². The molecule has 1 atom stereocenters. The van der Waals surface area contributed by atoms with E-state index in [2.05, 4.69) is 40.3 Å². The Bertz CT molecular complexity index is 499. The summed E-state index contributed by atoms with van der Waals surface area (Å²) in [5.74, 6) is 0.828. The number of ketones is 1. The highest BCUT2D eigenvalue weighted by atomic mass is 79.9. The fourth-order valence-electron chi connectivity index (χ4n) is 2.69. The van der Waals surface area contributed by atoms with E-state index in [9.17, 15) is 4.79 Å². The monoisotopic (exact) mass is 349 g/mol. The molecular weight excluding hydrogens is 326 g/mol. The van der Waals surface area contributed by atoms with Crippen molar-refractivity contribution in [1.82, 2.24) is 5.32 Å². The summed E-state index contributed by atoms with van der Waals surface area (Å²) < 4.78 is 1.11. The Morgan fingerprint density at radius 1 is 1.24 bits per heavy atom. The van der Waals surface area contributed by atoms with Crippen molar-refractivity contribution in [1.29, 1.82) is 0 Å². The molecule has 1 N–H and O–H groups in total. The molecule has 2 aliphatic carbocycles. The van der Waals surface area contributed by atoms with Gasteiger partial charge in [0.1, 0.15) is 0 Å². The second kappa shape index (κ2) is 8.38. The van der Waals surface area contributed by atoms with Crippen molar-refractivity contribution in [3.63, 3.8) is 0 Å². The lowest BCUT2D eigenvalue weighted by atomic mass is 9.89. The molecule has 2 nitrogen and oxygen atoms in total. The molecule has 21 heavy (non-hydrogen) atoms. The number of rotatable bonds is 2. The molecule has 0 aromatic rings. The number of hydrogen-bond acceptors (Lipinski definition) is 2. The van der Waals surface area contributed by atoms with Crippen LogP contribution in [0.4, 0.5) is 0 Å². The first kappa shape index (κ1) is 16.3. The third-order valence-electron chi connectivity index (χ3n) is 3.99. The van der Waals surface area contributed by atoms with Crippen molar-refractivity contribution in [2.75, 3.05) is 0 Å². The molecule has 2 aliphatic rings. The molecule has 114 valence electrons. The van der Waals surface area contributed by atoms with Gasteiger partial charge < -0.3 is 5.32 Å². The summed E-state index contributed by atoms with van der Waals surface area (Å²) in [6, 6.07) is 0.